The SMILES string of the molecule is COc1ccc([C@H]2CC(=O)Nc3c2cc(Br)c2ccccc32)c(OC)c1OC. The predicted octanol–water partition coefficient (Wildman–Crippen LogP) is 5.10. The van der Waals surface area contributed by atoms with Crippen LogP contribution in [0.15, 0.2) is 46.9 Å². The van der Waals surface area contributed by atoms with Crippen LogP contribution >= 0.6 is 15.9 Å². The third kappa shape index (κ3) is 2.88. The van der Waals surface area contributed by atoms with Crippen LogP contribution in [0.3, 0.4) is 0 Å². The van der Waals surface area contributed by atoms with Crippen molar-refractivity contribution in [2.24, 2.45) is 0 Å². The van der Waals surface area contributed by atoms with Crippen LogP contribution in [-0.2, 0) is 4.79 Å². The van der Waals surface area contributed by atoms with Gasteiger partial charge in [-0.2, -0.15) is 0 Å². The van der Waals surface area contributed by atoms with Crippen LogP contribution < -0.4 is 19.5 Å². The number of nitrogens with one attached hydrogen (secondary N) is 1. The summed E-state index contributed by atoms with van der Waals surface area (Å²) in [6.45, 7) is 0. The van der Waals surface area contributed by atoms with E-state index in [-0.39, 0.29) is 11.8 Å². The molecule has 144 valence electrons. The van der Waals surface area contributed by atoms with Crippen molar-refractivity contribution < 1.29 is 19.0 Å². The van der Waals surface area contributed by atoms with Crippen molar-refractivity contribution in [1.82, 2.24) is 0 Å². The molecule has 0 aliphatic carbocycles. The number of carbonyl (C=O) groups is 1. The minimum atomic E-state index is -0.167. The molecule has 1 heterocycles. The highest BCUT2D eigenvalue weighted by molar-refractivity contribution is 9.10. The number of amides is 1. The summed E-state index contributed by atoms with van der Waals surface area (Å²) in [6.07, 6.45) is 0.323. The van der Waals surface area contributed by atoms with Gasteiger partial charge in [0.15, 0.2) is 11.5 Å². The highest BCUT2D eigenvalue weighted by Crippen LogP contribution is 2.49. The lowest BCUT2D eigenvalue weighted by Gasteiger charge is -2.29. The zero-order valence-corrected chi connectivity index (χ0v) is 17.4. The second-order valence-corrected chi connectivity index (χ2v) is 7.45. The van der Waals surface area contributed by atoms with Crippen LogP contribution in [0.2, 0.25) is 0 Å². The highest BCUT2D eigenvalue weighted by Gasteiger charge is 2.32. The van der Waals surface area contributed by atoms with E-state index in [0.29, 0.717) is 23.7 Å². The Morgan fingerprint density at radius 2 is 1.64 bits per heavy atom. The van der Waals surface area contributed by atoms with Gasteiger partial charge >= 0.3 is 0 Å². The Bertz CT molecular complexity index is 1080. The maximum absolute atomic E-state index is 12.6. The van der Waals surface area contributed by atoms with E-state index in [1.54, 1.807) is 21.3 Å². The molecular formula is C22H20BrNO4. The molecular weight excluding hydrogens is 422 g/mol. The van der Waals surface area contributed by atoms with Crippen LogP contribution in [0, 0.1) is 0 Å². The van der Waals surface area contributed by atoms with Crippen LogP contribution in [0.1, 0.15) is 23.5 Å². The van der Waals surface area contributed by atoms with Crippen molar-refractivity contribution in [3.05, 3.63) is 58.1 Å². The fourth-order valence-corrected chi connectivity index (χ4v) is 4.52. The normalized spacial score (nSPS) is 15.7. The van der Waals surface area contributed by atoms with E-state index in [0.717, 1.165) is 32.1 Å². The Balaban J connectivity index is 1.98. The number of hydrogen-bond donors (Lipinski definition) is 1. The first-order valence-corrected chi connectivity index (χ1v) is 9.68. The lowest BCUT2D eigenvalue weighted by Crippen LogP contribution is -2.24. The Morgan fingerprint density at radius 3 is 2.32 bits per heavy atom. The second kappa shape index (κ2) is 7.36. The Labute approximate surface area is 171 Å². The van der Waals surface area contributed by atoms with E-state index >= 15 is 0 Å². The predicted molar refractivity (Wildman–Crippen MR) is 113 cm³/mol. The molecule has 6 heteroatoms. The third-order valence-corrected chi connectivity index (χ3v) is 5.82. The molecule has 0 saturated heterocycles. The van der Waals surface area contributed by atoms with Crippen LogP contribution in [0.4, 0.5) is 5.69 Å². The molecule has 28 heavy (non-hydrogen) atoms. The van der Waals surface area contributed by atoms with Gasteiger partial charge in [-0.3, -0.25) is 4.79 Å². The standard InChI is InChI=1S/C22H20BrNO4/c1-26-18-9-8-14(21(27-2)22(18)28-3)15-11-19(25)24-20-13-7-5-4-6-12(13)17(23)10-16(15)20/h4-10,15H,11H2,1-3H3,(H,24,25)/t15-/m1/s1. The lowest BCUT2D eigenvalue weighted by molar-refractivity contribution is -0.116. The summed E-state index contributed by atoms with van der Waals surface area (Å²) in [6, 6.07) is 13.9. The summed E-state index contributed by atoms with van der Waals surface area (Å²) in [7, 11) is 4.76. The summed E-state index contributed by atoms with van der Waals surface area (Å²) in [4.78, 5) is 12.6. The van der Waals surface area contributed by atoms with Crippen molar-refractivity contribution >= 4 is 38.3 Å². The quantitative estimate of drug-likeness (QED) is 0.611. The zero-order chi connectivity index (χ0) is 19.8. The van der Waals surface area contributed by atoms with E-state index in [1.807, 2.05) is 36.4 Å². The maximum Gasteiger partial charge on any atom is 0.225 e. The van der Waals surface area contributed by atoms with Gasteiger partial charge in [-0.05, 0) is 23.1 Å². The van der Waals surface area contributed by atoms with Gasteiger partial charge in [-0.15, -0.1) is 0 Å². The molecule has 0 unspecified atom stereocenters. The monoisotopic (exact) mass is 441 g/mol. The first-order valence-electron chi connectivity index (χ1n) is 8.88. The van der Waals surface area contributed by atoms with E-state index < -0.39 is 0 Å². The van der Waals surface area contributed by atoms with Gasteiger partial charge in [0.25, 0.3) is 0 Å². The van der Waals surface area contributed by atoms with E-state index in [4.69, 9.17) is 14.2 Å². The molecule has 0 spiro atoms. The molecule has 1 aliphatic heterocycles. The zero-order valence-electron chi connectivity index (χ0n) is 15.8. The minimum absolute atomic E-state index is 0.0261. The summed E-state index contributed by atoms with van der Waals surface area (Å²) in [5.74, 6) is 1.50. The first kappa shape index (κ1) is 18.6. The van der Waals surface area contributed by atoms with Crippen LogP contribution in [0.25, 0.3) is 10.8 Å². The van der Waals surface area contributed by atoms with Gasteiger partial charge in [0, 0.05) is 27.8 Å². The number of anilines is 1. The van der Waals surface area contributed by atoms with Crippen LogP contribution in [0.5, 0.6) is 17.2 Å². The van der Waals surface area contributed by atoms with Crippen molar-refractivity contribution in [3.8, 4) is 17.2 Å². The van der Waals surface area contributed by atoms with E-state index in [1.165, 1.54) is 0 Å². The number of hydrogen-bond acceptors (Lipinski definition) is 4. The number of halogens is 1. The highest BCUT2D eigenvalue weighted by atomic mass is 79.9. The summed E-state index contributed by atoms with van der Waals surface area (Å²) in [5.41, 5.74) is 2.77. The Morgan fingerprint density at radius 1 is 0.929 bits per heavy atom. The molecule has 0 bridgehead atoms. The molecule has 0 radical (unpaired) electrons. The minimum Gasteiger partial charge on any atom is -0.493 e. The molecule has 1 amide bonds. The largest absolute Gasteiger partial charge is 0.493 e. The summed E-state index contributed by atoms with van der Waals surface area (Å²) < 4.78 is 17.6. The maximum atomic E-state index is 12.6. The van der Waals surface area contributed by atoms with Gasteiger partial charge in [0.2, 0.25) is 11.7 Å². The number of carbonyl (C=O) groups excluding carboxylic acids is 1. The summed E-state index contributed by atoms with van der Waals surface area (Å²) >= 11 is 3.69. The fourth-order valence-electron chi connectivity index (χ4n) is 3.93. The topological polar surface area (TPSA) is 56.8 Å². The molecule has 0 fully saturated rings. The number of ether oxygens (including phenoxy) is 3. The van der Waals surface area contributed by atoms with Gasteiger partial charge in [0.05, 0.1) is 27.0 Å². The molecule has 1 atom stereocenters. The third-order valence-electron chi connectivity index (χ3n) is 5.16. The van der Waals surface area contributed by atoms with E-state index in [2.05, 4.69) is 27.3 Å². The summed E-state index contributed by atoms with van der Waals surface area (Å²) in [5, 5.41) is 5.12. The van der Waals surface area contributed by atoms with Gasteiger partial charge in [-0.25, -0.2) is 0 Å². The number of fused-ring (bicyclic) bond motifs is 3. The van der Waals surface area contributed by atoms with Crippen molar-refractivity contribution in [1.29, 1.82) is 0 Å². The fraction of sp³-hybridized carbons (Fsp3) is 0.227. The van der Waals surface area contributed by atoms with Crippen molar-refractivity contribution in [2.45, 2.75) is 12.3 Å². The molecule has 4 rings (SSSR count). The molecule has 3 aromatic carbocycles. The van der Waals surface area contributed by atoms with E-state index in [9.17, 15) is 4.79 Å². The lowest BCUT2D eigenvalue weighted by atomic mass is 9.82. The second-order valence-electron chi connectivity index (χ2n) is 6.60. The van der Waals surface area contributed by atoms with Gasteiger partial charge in [0.1, 0.15) is 0 Å². The Hall–Kier alpha value is -2.73. The number of benzene rings is 3. The average Bonchev–Trinajstić information content (AvgIpc) is 2.72. The smallest absolute Gasteiger partial charge is 0.225 e. The number of rotatable bonds is 4. The van der Waals surface area contributed by atoms with Crippen LogP contribution in [-0.4, -0.2) is 27.2 Å². The molecule has 0 aromatic heterocycles. The van der Waals surface area contributed by atoms with Gasteiger partial charge in [-0.1, -0.05) is 46.3 Å². The average molecular weight is 442 g/mol. The molecule has 0 saturated carbocycles. The molecule has 1 aliphatic rings. The van der Waals surface area contributed by atoms with Crippen molar-refractivity contribution in [2.75, 3.05) is 26.6 Å². The molecule has 3 aromatic rings. The first-order chi connectivity index (χ1) is 13.6. The van der Waals surface area contributed by atoms with Crippen molar-refractivity contribution in [3.63, 3.8) is 0 Å². The molecule has 5 nitrogen and oxygen atoms in total. The molecule has 1 N–H and O–H groups in total. The Kier molecular flexibility index (Phi) is 4.89. The van der Waals surface area contributed by atoms with Gasteiger partial charge < -0.3 is 19.5 Å². The number of methoxy groups -OCH3 is 3.